The van der Waals surface area contributed by atoms with Crippen molar-refractivity contribution in [2.75, 3.05) is 5.32 Å². The van der Waals surface area contributed by atoms with Gasteiger partial charge in [-0.3, -0.25) is 4.40 Å². The number of pyridine rings is 1. The Morgan fingerprint density at radius 3 is 3.16 bits per heavy atom. The Kier molecular flexibility index (Phi) is 3.21. The number of nitrogens with one attached hydrogen (secondary N) is 1. The third-order valence-electron chi connectivity index (χ3n) is 5.99. The fourth-order valence-corrected chi connectivity index (χ4v) is 4.38. The van der Waals surface area contributed by atoms with E-state index in [4.69, 9.17) is 4.74 Å². The molecule has 0 bridgehead atoms. The molecule has 1 N–H and O–H groups in total. The molecule has 1 aliphatic heterocycles. The zero-order chi connectivity index (χ0) is 20.5. The van der Waals surface area contributed by atoms with Gasteiger partial charge in [-0.05, 0) is 36.2 Å². The van der Waals surface area contributed by atoms with Crippen LogP contribution in [0.15, 0.2) is 49.3 Å². The number of aromatic nitrogens is 7. The highest BCUT2D eigenvalue weighted by atomic mass is 19.1. The van der Waals surface area contributed by atoms with Crippen molar-refractivity contribution in [3.8, 4) is 16.9 Å². The van der Waals surface area contributed by atoms with E-state index in [-0.39, 0.29) is 11.9 Å². The van der Waals surface area contributed by atoms with Crippen LogP contribution in [0.4, 0.5) is 10.3 Å². The molecule has 1 saturated carbocycles. The molecular formula is C21H15FN8O. The number of fused-ring (bicyclic) bond motifs is 5. The van der Waals surface area contributed by atoms with Crippen LogP contribution in [-0.4, -0.2) is 40.3 Å². The average molecular weight is 414 g/mol. The van der Waals surface area contributed by atoms with Gasteiger partial charge in [0.1, 0.15) is 30.3 Å². The number of halogens is 1. The first-order valence-corrected chi connectivity index (χ1v) is 9.96. The van der Waals surface area contributed by atoms with Crippen LogP contribution in [0.2, 0.25) is 0 Å². The van der Waals surface area contributed by atoms with Crippen LogP contribution in [-0.2, 0) is 6.54 Å². The topological polar surface area (TPSA) is 94.5 Å². The van der Waals surface area contributed by atoms with Crippen molar-refractivity contribution < 1.29 is 9.13 Å². The molecule has 1 fully saturated rings. The molecule has 10 heteroatoms. The summed E-state index contributed by atoms with van der Waals surface area (Å²) in [6, 6.07) is 7.03. The maximum Gasteiger partial charge on any atom is 0.210 e. The number of rotatable bonds is 4. The lowest BCUT2D eigenvalue weighted by Crippen LogP contribution is -2.10. The normalized spacial score (nSPS) is 18.7. The maximum absolute atomic E-state index is 14.6. The van der Waals surface area contributed by atoms with Gasteiger partial charge < -0.3 is 10.1 Å². The number of nitrogens with zero attached hydrogens (tertiary/aromatic N) is 7. The second-order valence-corrected chi connectivity index (χ2v) is 7.79. The molecular weight excluding hydrogens is 399 g/mol. The van der Waals surface area contributed by atoms with Crippen molar-refractivity contribution in [3.05, 3.63) is 66.3 Å². The van der Waals surface area contributed by atoms with Crippen molar-refractivity contribution in [3.63, 3.8) is 0 Å². The summed E-state index contributed by atoms with van der Waals surface area (Å²) < 4.78 is 23.9. The highest BCUT2D eigenvalue weighted by Gasteiger charge is 2.49. The minimum Gasteiger partial charge on any atom is -0.489 e. The monoisotopic (exact) mass is 414 g/mol. The molecule has 9 nitrogen and oxygen atoms in total. The maximum atomic E-state index is 14.6. The highest BCUT2D eigenvalue weighted by Crippen LogP contribution is 2.55. The quantitative estimate of drug-likeness (QED) is 0.483. The summed E-state index contributed by atoms with van der Waals surface area (Å²) in [6.07, 6.45) is 7.84. The molecule has 1 aliphatic carbocycles. The van der Waals surface area contributed by atoms with Crippen LogP contribution in [0.3, 0.4) is 0 Å². The van der Waals surface area contributed by atoms with Crippen LogP contribution in [0.25, 0.3) is 22.4 Å². The van der Waals surface area contributed by atoms with Crippen molar-refractivity contribution in [1.82, 2.24) is 34.2 Å². The molecule has 2 atom stereocenters. The third kappa shape index (κ3) is 2.44. The lowest BCUT2D eigenvalue weighted by molar-refractivity contribution is 0.318. The van der Waals surface area contributed by atoms with E-state index in [9.17, 15) is 4.39 Å². The molecule has 5 aromatic rings. The second-order valence-electron chi connectivity index (χ2n) is 7.79. The summed E-state index contributed by atoms with van der Waals surface area (Å²) in [5.74, 6) is 1.40. The van der Waals surface area contributed by atoms with E-state index in [2.05, 4.69) is 30.6 Å². The Bertz CT molecular complexity index is 1490. The van der Waals surface area contributed by atoms with Gasteiger partial charge >= 0.3 is 0 Å². The van der Waals surface area contributed by atoms with Gasteiger partial charge in [0, 0.05) is 41.5 Å². The van der Waals surface area contributed by atoms with E-state index in [1.165, 1.54) is 12.4 Å². The minimum atomic E-state index is -0.236. The van der Waals surface area contributed by atoms with E-state index in [1.807, 2.05) is 18.3 Å². The fourth-order valence-electron chi connectivity index (χ4n) is 4.38. The van der Waals surface area contributed by atoms with E-state index in [1.54, 1.807) is 27.5 Å². The smallest absolute Gasteiger partial charge is 0.210 e. The Hall–Kier alpha value is -4.08. The van der Waals surface area contributed by atoms with Crippen LogP contribution in [0.1, 0.15) is 23.5 Å². The van der Waals surface area contributed by atoms with E-state index < -0.39 is 0 Å². The Labute approximate surface area is 174 Å². The van der Waals surface area contributed by atoms with Crippen LogP contribution in [0.5, 0.6) is 5.75 Å². The van der Waals surface area contributed by atoms with E-state index in [0.29, 0.717) is 29.6 Å². The van der Waals surface area contributed by atoms with Gasteiger partial charge in [-0.25, -0.2) is 18.9 Å². The van der Waals surface area contributed by atoms with Crippen molar-refractivity contribution in [2.24, 2.45) is 0 Å². The third-order valence-corrected chi connectivity index (χ3v) is 5.99. The Balaban J connectivity index is 1.25. The Morgan fingerprint density at radius 1 is 1.23 bits per heavy atom. The zero-order valence-corrected chi connectivity index (χ0v) is 16.1. The van der Waals surface area contributed by atoms with Gasteiger partial charge in [0.05, 0.1) is 0 Å². The highest BCUT2D eigenvalue weighted by molar-refractivity contribution is 5.79. The van der Waals surface area contributed by atoms with E-state index >= 15 is 0 Å². The summed E-state index contributed by atoms with van der Waals surface area (Å²) in [4.78, 5) is 8.80. The predicted octanol–water partition coefficient (Wildman–Crippen LogP) is 2.83. The number of hydrogen-bond donors (Lipinski definition) is 1. The summed E-state index contributed by atoms with van der Waals surface area (Å²) in [7, 11) is 0. The summed E-state index contributed by atoms with van der Waals surface area (Å²) in [5.41, 5.74) is 4.70. The number of ether oxygens (including phenoxy) is 1. The predicted molar refractivity (Wildman–Crippen MR) is 108 cm³/mol. The zero-order valence-electron chi connectivity index (χ0n) is 16.1. The number of benzene rings is 1. The van der Waals surface area contributed by atoms with Gasteiger partial charge in [0.2, 0.25) is 5.95 Å². The summed E-state index contributed by atoms with van der Waals surface area (Å²) >= 11 is 0. The lowest BCUT2D eigenvalue weighted by atomic mass is 10.0. The molecule has 0 amide bonds. The SMILES string of the molecule is Fc1ccc2c(c1CNc1ncc(-c3ccn4ncnc4c3)c3nncn13)[C@H]1CC1O2. The van der Waals surface area contributed by atoms with Crippen molar-refractivity contribution in [2.45, 2.75) is 25.0 Å². The van der Waals surface area contributed by atoms with Crippen LogP contribution < -0.4 is 10.1 Å². The van der Waals surface area contributed by atoms with E-state index in [0.717, 1.165) is 34.5 Å². The first kappa shape index (κ1) is 16.7. The second kappa shape index (κ2) is 5.97. The molecule has 5 heterocycles. The molecule has 1 aromatic carbocycles. The van der Waals surface area contributed by atoms with Crippen molar-refractivity contribution >= 4 is 17.2 Å². The molecule has 31 heavy (non-hydrogen) atoms. The average Bonchev–Trinajstić information content (AvgIpc) is 3.18. The van der Waals surface area contributed by atoms with Gasteiger partial charge in [0.15, 0.2) is 11.3 Å². The first-order chi connectivity index (χ1) is 15.3. The molecule has 0 spiro atoms. The fraction of sp³-hybridized carbons (Fsp3) is 0.190. The number of hydrogen-bond acceptors (Lipinski definition) is 7. The molecule has 4 aromatic heterocycles. The molecule has 7 rings (SSSR count). The molecule has 0 saturated heterocycles. The van der Waals surface area contributed by atoms with Gasteiger partial charge in [-0.2, -0.15) is 5.10 Å². The lowest BCUT2D eigenvalue weighted by Gasteiger charge is -2.13. The molecule has 152 valence electrons. The number of anilines is 1. The minimum absolute atomic E-state index is 0.208. The van der Waals surface area contributed by atoms with Crippen molar-refractivity contribution in [1.29, 1.82) is 0 Å². The molecule has 0 radical (unpaired) electrons. The molecule has 1 unspecified atom stereocenters. The van der Waals surface area contributed by atoms with Crippen LogP contribution in [0, 0.1) is 5.82 Å². The first-order valence-electron chi connectivity index (χ1n) is 9.96. The largest absolute Gasteiger partial charge is 0.489 e. The van der Waals surface area contributed by atoms with Crippen LogP contribution >= 0.6 is 0 Å². The van der Waals surface area contributed by atoms with Gasteiger partial charge in [-0.15, -0.1) is 10.2 Å². The summed E-state index contributed by atoms with van der Waals surface area (Å²) in [5, 5.41) is 15.7. The van der Waals surface area contributed by atoms with Gasteiger partial charge in [0.25, 0.3) is 0 Å². The van der Waals surface area contributed by atoms with Gasteiger partial charge in [-0.1, -0.05) is 0 Å². The Morgan fingerprint density at radius 2 is 2.19 bits per heavy atom. The standard InChI is InChI=1S/C21H15FN8O/c22-15-1-2-16-19(12-6-17(12)31-16)14(15)8-24-21-23-7-13(20-28-26-10-29(20)21)11-3-4-30-18(5-11)25-9-27-30/h1-5,7,9-10,12,17H,6,8H2,(H,23,24)/t12-,17?/m0/s1. The summed E-state index contributed by atoms with van der Waals surface area (Å²) in [6.45, 7) is 0.299. The molecule has 2 aliphatic rings.